The molecule has 2 N–H and O–H groups in total. The van der Waals surface area contributed by atoms with E-state index in [1.165, 1.54) is 18.4 Å². The van der Waals surface area contributed by atoms with Crippen molar-refractivity contribution in [1.82, 2.24) is 10.6 Å². The van der Waals surface area contributed by atoms with E-state index in [-0.39, 0.29) is 11.8 Å². The molecule has 0 saturated heterocycles. The van der Waals surface area contributed by atoms with Crippen molar-refractivity contribution >= 4 is 11.8 Å². The first-order valence-corrected chi connectivity index (χ1v) is 4.19. The van der Waals surface area contributed by atoms with E-state index in [2.05, 4.69) is 23.8 Å². The number of rotatable bonds is 6. The van der Waals surface area contributed by atoms with Gasteiger partial charge in [0.05, 0.1) is 0 Å². The van der Waals surface area contributed by atoms with Gasteiger partial charge < -0.3 is 10.6 Å². The maximum atomic E-state index is 10.7. The third kappa shape index (κ3) is 6.84. The van der Waals surface area contributed by atoms with E-state index >= 15 is 0 Å². The molecule has 0 saturated carbocycles. The molecule has 0 radical (unpaired) electrons. The minimum Gasteiger partial charge on any atom is -0.352 e. The Kier molecular flexibility index (Phi) is 6.77. The van der Waals surface area contributed by atoms with Crippen molar-refractivity contribution in [3.63, 3.8) is 0 Å². The highest BCUT2D eigenvalue weighted by Crippen LogP contribution is 1.79. The molecule has 0 bridgehead atoms. The van der Waals surface area contributed by atoms with Crippen LogP contribution in [0, 0.1) is 0 Å². The lowest BCUT2D eigenvalue weighted by molar-refractivity contribution is -0.117. The Morgan fingerprint density at radius 1 is 1.14 bits per heavy atom. The zero-order chi connectivity index (χ0) is 10.8. The van der Waals surface area contributed by atoms with Gasteiger partial charge in [-0.1, -0.05) is 19.2 Å². The van der Waals surface area contributed by atoms with Gasteiger partial charge in [0.1, 0.15) is 0 Å². The van der Waals surface area contributed by atoms with Crippen molar-refractivity contribution in [2.75, 3.05) is 6.54 Å². The van der Waals surface area contributed by atoms with E-state index in [1.807, 2.05) is 0 Å². The van der Waals surface area contributed by atoms with Crippen LogP contribution in [0.1, 0.15) is 6.42 Å². The second kappa shape index (κ2) is 7.79. The monoisotopic (exact) mass is 194 g/mol. The number of carbonyl (C=O) groups is 2. The SMILES string of the molecule is C=CC(=O)NC=CCCNC(=O)C=C. The highest BCUT2D eigenvalue weighted by molar-refractivity contribution is 5.87. The molecule has 0 spiro atoms. The van der Waals surface area contributed by atoms with Gasteiger partial charge in [0.2, 0.25) is 11.8 Å². The summed E-state index contributed by atoms with van der Waals surface area (Å²) in [5.41, 5.74) is 0. The van der Waals surface area contributed by atoms with Crippen LogP contribution >= 0.6 is 0 Å². The summed E-state index contributed by atoms with van der Waals surface area (Å²) in [5, 5.41) is 5.06. The van der Waals surface area contributed by atoms with Gasteiger partial charge >= 0.3 is 0 Å². The average molecular weight is 194 g/mol. The van der Waals surface area contributed by atoms with Crippen LogP contribution in [0.5, 0.6) is 0 Å². The molecular formula is C10H14N2O2. The molecule has 0 unspecified atom stereocenters. The molecular weight excluding hydrogens is 180 g/mol. The topological polar surface area (TPSA) is 58.2 Å². The van der Waals surface area contributed by atoms with Gasteiger partial charge in [0.15, 0.2) is 0 Å². The van der Waals surface area contributed by atoms with E-state index in [0.29, 0.717) is 13.0 Å². The van der Waals surface area contributed by atoms with Gasteiger partial charge in [-0.2, -0.15) is 0 Å². The highest BCUT2D eigenvalue weighted by Gasteiger charge is 1.89. The Balaban J connectivity index is 3.44. The van der Waals surface area contributed by atoms with Crippen molar-refractivity contribution in [2.24, 2.45) is 0 Å². The maximum absolute atomic E-state index is 10.7. The largest absolute Gasteiger partial charge is 0.352 e. The molecule has 0 heterocycles. The Hall–Kier alpha value is -1.84. The first-order valence-electron chi connectivity index (χ1n) is 4.19. The Morgan fingerprint density at radius 2 is 1.79 bits per heavy atom. The lowest BCUT2D eigenvalue weighted by Gasteiger charge is -1.97. The summed E-state index contributed by atoms with van der Waals surface area (Å²) in [6, 6.07) is 0. The third-order valence-electron chi connectivity index (χ3n) is 1.32. The highest BCUT2D eigenvalue weighted by atomic mass is 16.2. The lowest BCUT2D eigenvalue weighted by Crippen LogP contribution is -2.21. The summed E-state index contributed by atoms with van der Waals surface area (Å²) < 4.78 is 0. The Morgan fingerprint density at radius 3 is 2.36 bits per heavy atom. The van der Waals surface area contributed by atoms with Crippen LogP contribution in [0.15, 0.2) is 37.6 Å². The minimum absolute atomic E-state index is 0.200. The molecule has 14 heavy (non-hydrogen) atoms. The summed E-state index contributed by atoms with van der Waals surface area (Å²) in [6.07, 6.45) is 6.30. The quantitative estimate of drug-likeness (QED) is 0.477. The van der Waals surface area contributed by atoms with Crippen LogP contribution in [0.25, 0.3) is 0 Å². The minimum atomic E-state index is -0.253. The van der Waals surface area contributed by atoms with Gasteiger partial charge in [-0.05, 0) is 18.6 Å². The molecule has 2 amide bonds. The van der Waals surface area contributed by atoms with Gasteiger partial charge in [0.25, 0.3) is 0 Å². The molecule has 76 valence electrons. The number of amides is 2. The van der Waals surface area contributed by atoms with Crippen LogP contribution < -0.4 is 10.6 Å². The molecule has 0 aliphatic carbocycles. The number of hydrogen-bond acceptors (Lipinski definition) is 2. The normalized spacial score (nSPS) is 9.43. The van der Waals surface area contributed by atoms with E-state index in [0.717, 1.165) is 0 Å². The molecule has 4 heteroatoms. The molecule has 0 fully saturated rings. The van der Waals surface area contributed by atoms with Gasteiger partial charge in [-0.15, -0.1) is 0 Å². The molecule has 0 aromatic heterocycles. The van der Waals surface area contributed by atoms with Crippen LogP contribution in [-0.2, 0) is 9.59 Å². The summed E-state index contributed by atoms with van der Waals surface area (Å²) in [6.45, 7) is 7.13. The summed E-state index contributed by atoms with van der Waals surface area (Å²) in [4.78, 5) is 21.3. The molecule has 0 aromatic rings. The Bertz CT molecular complexity index is 257. The zero-order valence-electron chi connectivity index (χ0n) is 7.95. The first kappa shape index (κ1) is 12.2. The fourth-order valence-electron chi connectivity index (χ4n) is 0.634. The van der Waals surface area contributed by atoms with E-state index < -0.39 is 0 Å². The predicted molar refractivity (Wildman–Crippen MR) is 55.3 cm³/mol. The van der Waals surface area contributed by atoms with Crippen LogP contribution in [0.4, 0.5) is 0 Å². The molecule has 0 atom stereocenters. The van der Waals surface area contributed by atoms with Crippen molar-refractivity contribution in [3.05, 3.63) is 37.6 Å². The smallest absolute Gasteiger partial charge is 0.247 e. The molecule has 0 aliphatic heterocycles. The second-order valence-electron chi connectivity index (χ2n) is 2.40. The molecule has 0 rings (SSSR count). The fourth-order valence-corrected chi connectivity index (χ4v) is 0.634. The number of hydrogen-bond donors (Lipinski definition) is 2. The van der Waals surface area contributed by atoms with E-state index in [9.17, 15) is 9.59 Å². The lowest BCUT2D eigenvalue weighted by atomic mass is 10.4. The number of nitrogens with one attached hydrogen (secondary N) is 2. The molecule has 0 aromatic carbocycles. The summed E-state index contributed by atoms with van der Waals surface area (Å²) in [5.74, 6) is -0.454. The molecule has 0 aliphatic rings. The average Bonchev–Trinajstić information content (AvgIpc) is 2.22. The fraction of sp³-hybridized carbons (Fsp3) is 0.200. The molecule has 4 nitrogen and oxygen atoms in total. The van der Waals surface area contributed by atoms with E-state index in [4.69, 9.17) is 0 Å². The Labute approximate surface area is 83.4 Å². The zero-order valence-corrected chi connectivity index (χ0v) is 7.95. The summed E-state index contributed by atoms with van der Waals surface area (Å²) >= 11 is 0. The van der Waals surface area contributed by atoms with Crippen LogP contribution in [0.3, 0.4) is 0 Å². The van der Waals surface area contributed by atoms with Crippen molar-refractivity contribution in [2.45, 2.75) is 6.42 Å². The van der Waals surface area contributed by atoms with Crippen LogP contribution in [-0.4, -0.2) is 18.4 Å². The van der Waals surface area contributed by atoms with Crippen molar-refractivity contribution in [1.29, 1.82) is 0 Å². The number of carbonyl (C=O) groups excluding carboxylic acids is 2. The summed E-state index contributed by atoms with van der Waals surface area (Å²) in [7, 11) is 0. The third-order valence-corrected chi connectivity index (χ3v) is 1.32. The first-order chi connectivity index (χ1) is 6.70. The van der Waals surface area contributed by atoms with Gasteiger partial charge in [-0.25, -0.2) is 0 Å². The van der Waals surface area contributed by atoms with Crippen LogP contribution in [0.2, 0.25) is 0 Å². The van der Waals surface area contributed by atoms with E-state index in [1.54, 1.807) is 6.08 Å². The standard InChI is InChI=1S/C10H14N2O2/c1-3-9(13)11-7-5-6-8-12-10(14)4-2/h3-5,7H,1-2,6,8H2,(H,11,13)(H,12,14). The van der Waals surface area contributed by atoms with Crippen molar-refractivity contribution in [3.8, 4) is 0 Å². The second-order valence-corrected chi connectivity index (χ2v) is 2.40. The van der Waals surface area contributed by atoms with Crippen molar-refractivity contribution < 1.29 is 9.59 Å². The maximum Gasteiger partial charge on any atom is 0.247 e. The predicted octanol–water partition coefficient (Wildman–Crippen LogP) is 0.495. The van der Waals surface area contributed by atoms with Gasteiger partial charge in [0, 0.05) is 12.7 Å². The van der Waals surface area contributed by atoms with Gasteiger partial charge in [-0.3, -0.25) is 9.59 Å².